The largest absolute Gasteiger partial charge is 0.489 e. The molecule has 190 valence electrons. The zero-order valence-corrected chi connectivity index (χ0v) is 20.1. The maximum absolute atomic E-state index is 13.4. The number of carboxylic acids is 1. The number of nitrogens with one attached hydrogen (secondary N) is 1. The van der Waals surface area contributed by atoms with Crippen molar-refractivity contribution in [3.63, 3.8) is 0 Å². The molecule has 0 bridgehead atoms. The number of hydrogen-bond donors (Lipinski definition) is 2. The average molecular weight is 506 g/mol. The Balaban J connectivity index is 1.41. The highest BCUT2D eigenvalue weighted by Gasteiger charge is 2.37. The summed E-state index contributed by atoms with van der Waals surface area (Å²) in [6, 6.07) is 25.2. The van der Waals surface area contributed by atoms with Gasteiger partial charge in [0, 0.05) is 24.1 Å². The van der Waals surface area contributed by atoms with Crippen molar-refractivity contribution in [2.45, 2.75) is 37.6 Å². The van der Waals surface area contributed by atoms with Crippen LogP contribution in [0.15, 0.2) is 84.9 Å². The van der Waals surface area contributed by atoms with Gasteiger partial charge in [0.1, 0.15) is 11.9 Å². The summed E-state index contributed by atoms with van der Waals surface area (Å²) in [7, 11) is 0. The standard InChI is InChI=1S/C30H26F3NO3/c1-18(22-11-6-8-19-7-2-3-9-23(19)22)34-17-21-16-25(24-10-4-5-12-28(24)37-21)20-13-14-27(30(31,32)33)26(15-20)29(35)36/h2-15,18,21,25,34H,16-17H2,1H3,(H,35,36)/t18-,21?,25?/m1/s1. The van der Waals surface area contributed by atoms with Gasteiger partial charge in [0.15, 0.2) is 0 Å². The van der Waals surface area contributed by atoms with E-state index in [2.05, 4.69) is 36.5 Å². The van der Waals surface area contributed by atoms with Crippen molar-refractivity contribution in [3.8, 4) is 5.75 Å². The molecule has 0 fully saturated rings. The lowest BCUT2D eigenvalue weighted by Gasteiger charge is -2.33. The summed E-state index contributed by atoms with van der Waals surface area (Å²) in [5.74, 6) is -1.25. The number of rotatable bonds is 6. The maximum Gasteiger partial charge on any atom is 0.417 e. The summed E-state index contributed by atoms with van der Waals surface area (Å²) in [5.41, 5.74) is 0.629. The molecule has 0 amide bonds. The fourth-order valence-corrected chi connectivity index (χ4v) is 5.18. The van der Waals surface area contributed by atoms with E-state index in [1.165, 1.54) is 17.0 Å². The fourth-order valence-electron chi connectivity index (χ4n) is 5.18. The van der Waals surface area contributed by atoms with Crippen LogP contribution in [0.25, 0.3) is 10.8 Å². The Hall–Kier alpha value is -3.84. The van der Waals surface area contributed by atoms with Gasteiger partial charge in [-0.05, 0) is 53.4 Å². The molecule has 0 spiro atoms. The van der Waals surface area contributed by atoms with Gasteiger partial charge in [-0.25, -0.2) is 4.79 Å². The minimum atomic E-state index is -4.75. The first kappa shape index (κ1) is 24.8. The third-order valence-corrected chi connectivity index (χ3v) is 7.01. The molecule has 4 aromatic carbocycles. The number of para-hydroxylation sites is 1. The van der Waals surface area contributed by atoms with E-state index in [1.54, 1.807) is 0 Å². The normalized spacial score (nSPS) is 18.2. The maximum atomic E-state index is 13.4. The molecule has 3 atom stereocenters. The highest BCUT2D eigenvalue weighted by molar-refractivity contribution is 5.90. The summed E-state index contributed by atoms with van der Waals surface area (Å²) in [6.07, 6.45) is -4.51. The molecule has 0 radical (unpaired) electrons. The monoisotopic (exact) mass is 505 g/mol. The third-order valence-electron chi connectivity index (χ3n) is 7.01. The number of ether oxygens (including phenoxy) is 1. The predicted molar refractivity (Wildman–Crippen MR) is 136 cm³/mol. The van der Waals surface area contributed by atoms with Crippen molar-refractivity contribution in [3.05, 3.63) is 113 Å². The number of carboxylic acid groups (broad SMARTS) is 1. The molecule has 0 aliphatic carbocycles. The summed E-state index contributed by atoms with van der Waals surface area (Å²) in [4.78, 5) is 11.7. The second-order valence-corrected chi connectivity index (χ2v) is 9.37. The average Bonchev–Trinajstić information content (AvgIpc) is 2.90. The minimum absolute atomic E-state index is 0.0370. The smallest absolute Gasteiger partial charge is 0.417 e. The number of halogens is 3. The predicted octanol–water partition coefficient (Wildman–Crippen LogP) is 7.19. The van der Waals surface area contributed by atoms with Gasteiger partial charge < -0.3 is 15.2 Å². The number of hydrogen-bond acceptors (Lipinski definition) is 3. The number of carbonyl (C=O) groups is 1. The number of alkyl halides is 3. The molecule has 0 aromatic heterocycles. The van der Waals surface area contributed by atoms with Crippen molar-refractivity contribution < 1.29 is 27.8 Å². The molecule has 2 unspecified atom stereocenters. The molecule has 37 heavy (non-hydrogen) atoms. The molecule has 0 saturated heterocycles. The Labute approximate surface area is 212 Å². The van der Waals surface area contributed by atoms with Crippen LogP contribution in [0.1, 0.15) is 57.9 Å². The summed E-state index contributed by atoms with van der Waals surface area (Å²) in [5, 5.41) is 15.4. The molecule has 7 heteroatoms. The van der Waals surface area contributed by atoms with Gasteiger partial charge in [0.25, 0.3) is 0 Å². The van der Waals surface area contributed by atoms with Gasteiger partial charge in [0.05, 0.1) is 11.1 Å². The molecule has 0 saturated carbocycles. The van der Waals surface area contributed by atoms with E-state index in [0.717, 1.165) is 23.1 Å². The lowest BCUT2D eigenvalue weighted by Crippen LogP contribution is -2.37. The van der Waals surface area contributed by atoms with Crippen LogP contribution in [0.3, 0.4) is 0 Å². The Kier molecular flexibility index (Phi) is 6.65. The zero-order valence-electron chi connectivity index (χ0n) is 20.1. The van der Waals surface area contributed by atoms with Crippen molar-refractivity contribution in [2.24, 2.45) is 0 Å². The molecular weight excluding hydrogens is 479 g/mol. The molecule has 4 aromatic rings. The quantitative estimate of drug-likeness (QED) is 0.291. The second kappa shape index (κ2) is 9.90. The minimum Gasteiger partial charge on any atom is -0.489 e. The van der Waals surface area contributed by atoms with E-state index in [1.807, 2.05) is 42.5 Å². The van der Waals surface area contributed by atoms with E-state index in [4.69, 9.17) is 4.74 Å². The fraction of sp³-hybridized carbons (Fsp3) is 0.233. The highest BCUT2D eigenvalue weighted by atomic mass is 19.4. The lowest BCUT2D eigenvalue weighted by molar-refractivity contribution is -0.138. The van der Waals surface area contributed by atoms with Gasteiger partial charge in [-0.1, -0.05) is 66.7 Å². The van der Waals surface area contributed by atoms with Crippen molar-refractivity contribution in [1.82, 2.24) is 5.32 Å². The first-order chi connectivity index (χ1) is 17.7. The summed E-state index contributed by atoms with van der Waals surface area (Å²) in [6.45, 7) is 2.60. The van der Waals surface area contributed by atoms with E-state index in [9.17, 15) is 23.1 Å². The van der Waals surface area contributed by atoms with Gasteiger partial charge in [-0.15, -0.1) is 0 Å². The van der Waals surface area contributed by atoms with Crippen molar-refractivity contribution in [2.75, 3.05) is 6.54 Å². The van der Waals surface area contributed by atoms with Crippen LogP contribution in [-0.2, 0) is 6.18 Å². The highest BCUT2D eigenvalue weighted by Crippen LogP contribution is 2.42. The van der Waals surface area contributed by atoms with E-state index >= 15 is 0 Å². The van der Waals surface area contributed by atoms with Crippen LogP contribution >= 0.6 is 0 Å². The van der Waals surface area contributed by atoms with E-state index in [0.29, 0.717) is 24.3 Å². The van der Waals surface area contributed by atoms with Crippen LogP contribution in [0.5, 0.6) is 5.75 Å². The topological polar surface area (TPSA) is 58.6 Å². The van der Waals surface area contributed by atoms with Crippen LogP contribution in [0.2, 0.25) is 0 Å². The van der Waals surface area contributed by atoms with Gasteiger partial charge in [-0.3, -0.25) is 0 Å². The van der Waals surface area contributed by atoms with Crippen LogP contribution in [0.4, 0.5) is 13.2 Å². The first-order valence-electron chi connectivity index (χ1n) is 12.1. The van der Waals surface area contributed by atoms with Gasteiger partial charge in [-0.2, -0.15) is 13.2 Å². The summed E-state index contributed by atoms with van der Waals surface area (Å²) < 4.78 is 46.5. The molecule has 4 nitrogen and oxygen atoms in total. The first-order valence-corrected chi connectivity index (χ1v) is 12.1. The number of aromatic carboxylic acids is 1. The molecule has 5 rings (SSSR count). The van der Waals surface area contributed by atoms with E-state index in [-0.39, 0.29) is 18.1 Å². The van der Waals surface area contributed by atoms with Crippen molar-refractivity contribution >= 4 is 16.7 Å². The van der Waals surface area contributed by atoms with Gasteiger partial charge in [0.2, 0.25) is 0 Å². The third kappa shape index (κ3) is 5.04. The van der Waals surface area contributed by atoms with E-state index < -0.39 is 23.3 Å². The molecule has 2 N–H and O–H groups in total. The summed E-state index contributed by atoms with van der Waals surface area (Å²) >= 11 is 0. The Morgan fingerprint density at radius 1 is 1.03 bits per heavy atom. The Morgan fingerprint density at radius 2 is 1.76 bits per heavy atom. The Morgan fingerprint density at radius 3 is 2.54 bits per heavy atom. The van der Waals surface area contributed by atoms with Gasteiger partial charge >= 0.3 is 12.1 Å². The van der Waals surface area contributed by atoms with Crippen molar-refractivity contribution in [1.29, 1.82) is 0 Å². The lowest BCUT2D eigenvalue weighted by atomic mass is 9.83. The molecule has 1 aliphatic rings. The van der Waals surface area contributed by atoms with Crippen LogP contribution < -0.4 is 10.1 Å². The van der Waals surface area contributed by atoms with Crippen LogP contribution in [-0.4, -0.2) is 23.7 Å². The Bertz CT molecular complexity index is 1440. The SMILES string of the molecule is C[C@@H](NCC1CC(c2ccc(C(F)(F)F)c(C(=O)O)c2)c2ccccc2O1)c1cccc2ccccc12. The zero-order chi connectivity index (χ0) is 26.2. The number of benzene rings is 4. The molecule has 1 aliphatic heterocycles. The molecule has 1 heterocycles. The van der Waals surface area contributed by atoms with Crippen LogP contribution in [0, 0.1) is 0 Å². The molecular formula is C30H26F3NO3. The second-order valence-electron chi connectivity index (χ2n) is 9.37. The number of fused-ring (bicyclic) bond motifs is 2.